The van der Waals surface area contributed by atoms with Crippen LogP contribution >= 0.6 is 11.6 Å². The van der Waals surface area contributed by atoms with Crippen molar-refractivity contribution < 1.29 is 4.79 Å². The molecular weight excluding hydrogens is 312 g/mol. The highest BCUT2D eigenvalue weighted by molar-refractivity contribution is 6.30. The van der Waals surface area contributed by atoms with Gasteiger partial charge in [0.25, 0.3) is 5.91 Å². The molecule has 5 nitrogen and oxygen atoms in total. The van der Waals surface area contributed by atoms with E-state index in [-0.39, 0.29) is 18.0 Å². The summed E-state index contributed by atoms with van der Waals surface area (Å²) in [5.74, 6) is 0.413. The summed E-state index contributed by atoms with van der Waals surface area (Å²) in [7, 11) is 0. The van der Waals surface area contributed by atoms with E-state index in [0.717, 1.165) is 18.7 Å². The second kappa shape index (κ2) is 6.34. The molecule has 1 aromatic carbocycles. The van der Waals surface area contributed by atoms with Gasteiger partial charge in [-0.2, -0.15) is 5.10 Å². The number of likely N-dealkylation sites (tertiary alicyclic amines) is 1. The zero-order valence-electron chi connectivity index (χ0n) is 13.3. The average Bonchev–Trinajstić information content (AvgIpc) is 3.02. The number of rotatable bonds is 2. The van der Waals surface area contributed by atoms with Crippen molar-refractivity contribution in [3.63, 3.8) is 0 Å². The topological polar surface area (TPSA) is 64.2 Å². The van der Waals surface area contributed by atoms with E-state index in [0.29, 0.717) is 16.5 Å². The number of nitrogens with two attached hydrogens (primary N) is 1. The summed E-state index contributed by atoms with van der Waals surface area (Å²) in [4.78, 5) is 14.6. The molecule has 0 radical (unpaired) electrons. The highest BCUT2D eigenvalue weighted by atomic mass is 35.5. The van der Waals surface area contributed by atoms with Crippen LogP contribution < -0.4 is 5.73 Å². The van der Waals surface area contributed by atoms with E-state index >= 15 is 0 Å². The monoisotopic (exact) mass is 332 g/mol. The second-order valence-corrected chi connectivity index (χ2v) is 6.67. The molecule has 1 aliphatic rings. The molecule has 122 valence electrons. The zero-order chi connectivity index (χ0) is 16.6. The van der Waals surface area contributed by atoms with Gasteiger partial charge >= 0.3 is 0 Å². The van der Waals surface area contributed by atoms with E-state index in [1.165, 1.54) is 0 Å². The van der Waals surface area contributed by atoms with Crippen molar-refractivity contribution in [3.05, 3.63) is 47.2 Å². The zero-order valence-corrected chi connectivity index (χ0v) is 14.1. The van der Waals surface area contributed by atoms with Crippen molar-refractivity contribution in [2.45, 2.75) is 32.4 Å². The number of hydrogen-bond donors (Lipinski definition) is 1. The maximum absolute atomic E-state index is 12.8. The Kier molecular flexibility index (Phi) is 4.41. The third-order valence-electron chi connectivity index (χ3n) is 4.69. The standard InChI is InChI=1S/C17H21ClN4O/c1-11-6-7-21(12(2)16(11)19)17(23)13-9-20-22(10-13)15-5-3-4-14(18)8-15/h3-5,8-12,16H,6-7,19H2,1-2H3/t11-,12-,16-/m0/s1. The summed E-state index contributed by atoms with van der Waals surface area (Å²) in [6.45, 7) is 4.89. The fraction of sp³-hybridized carbons (Fsp3) is 0.412. The van der Waals surface area contributed by atoms with Crippen LogP contribution in [0.25, 0.3) is 5.69 Å². The molecular formula is C17H21ClN4O. The summed E-state index contributed by atoms with van der Waals surface area (Å²) >= 11 is 6.00. The summed E-state index contributed by atoms with van der Waals surface area (Å²) in [6.07, 6.45) is 4.27. The molecule has 0 aliphatic carbocycles. The number of benzene rings is 1. The van der Waals surface area contributed by atoms with Gasteiger partial charge in [-0.25, -0.2) is 4.68 Å². The lowest BCUT2D eigenvalue weighted by Crippen LogP contribution is -2.56. The first-order valence-electron chi connectivity index (χ1n) is 7.84. The maximum Gasteiger partial charge on any atom is 0.257 e. The van der Waals surface area contributed by atoms with Crippen molar-refractivity contribution in [1.29, 1.82) is 0 Å². The molecule has 2 aromatic rings. The smallest absolute Gasteiger partial charge is 0.257 e. The average molecular weight is 333 g/mol. The molecule has 6 heteroatoms. The lowest BCUT2D eigenvalue weighted by atomic mass is 9.88. The molecule has 0 spiro atoms. The minimum atomic E-state index is -0.0203. The Morgan fingerprint density at radius 3 is 2.91 bits per heavy atom. The molecule has 1 aliphatic heterocycles. The fourth-order valence-electron chi connectivity index (χ4n) is 3.07. The van der Waals surface area contributed by atoms with Crippen LogP contribution in [0, 0.1) is 5.92 Å². The number of hydrogen-bond acceptors (Lipinski definition) is 3. The number of carbonyl (C=O) groups excluding carboxylic acids is 1. The fourth-order valence-corrected chi connectivity index (χ4v) is 3.25. The van der Waals surface area contributed by atoms with Crippen molar-refractivity contribution >= 4 is 17.5 Å². The van der Waals surface area contributed by atoms with Gasteiger partial charge < -0.3 is 10.6 Å². The number of carbonyl (C=O) groups is 1. The van der Waals surface area contributed by atoms with E-state index in [4.69, 9.17) is 17.3 Å². The third kappa shape index (κ3) is 3.12. The Balaban J connectivity index is 1.81. The van der Waals surface area contributed by atoms with Gasteiger partial charge in [-0.3, -0.25) is 4.79 Å². The SMILES string of the molecule is C[C@H]1CCN(C(=O)c2cnn(-c3cccc(Cl)c3)c2)[C@@H](C)[C@H]1N. The second-order valence-electron chi connectivity index (χ2n) is 6.24. The molecule has 3 rings (SSSR count). The first-order chi connectivity index (χ1) is 11.0. The van der Waals surface area contributed by atoms with Crippen molar-refractivity contribution in [2.24, 2.45) is 11.7 Å². The predicted octanol–water partition coefficient (Wildman–Crippen LogP) is 2.72. The first kappa shape index (κ1) is 16.0. The summed E-state index contributed by atoms with van der Waals surface area (Å²) in [6, 6.07) is 7.40. The minimum absolute atomic E-state index is 0.00988. The van der Waals surface area contributed by atoms with Crippen molar-refractivity contribution in [2.75, 3.05) is 6.54 Å². The number of nitrogens with zero attached hydrogens (tertiary/aromatic N) is 3. The molecule has 23 heavy (non-hydrogen) atoms. The third-order valence-corrected chi connectivity index (χ3v) is 4.93. The van der Waals surface area contributed by atoms with Crippen LogP contribution in [0.15, 0.2) is 36.7 Å². The van der Waals surface area contributed by atoms with Crippen LogP contribution in [0.5, 0.6) is 0 Å². The highest BCUT2D eigenvalue weighted by Gasteiger charge is 2.33. The van der Waals surface area contributed by atoms with Crippen LogP contribution in [0.1, 0.15) is 30.6 Å². The molecule has 0 unspecified atom stereocenters. The first-order valence-corrected chi connectivity index (χ1v) is 8.22. The molecule has 3 atom stereocenters. The Hall–Kier alpha value is -1.85. The summed E-state index contributed by atoms with van der Waals surface area (Å²) in [5.41, 5.74) is 7.61. The predicted molar refractivity (Wildman–Crippen MR) is 90.8 cm³/mol. The lowest BCUT2D eigenvalue weighted by molar-refractivity contribution is 0.0540. The Morgan fingerprint density at radius 1 is 1.39 bits per heavy atom. The highest BCUT2D eigenvalue weighted by Crippen LogP contribution is 2.23. The molecule has 0 bridgehead atoms. The van der Waals surface area contributed by atoms with E-state index in [9.17, 15) is 4.79 Å². The van der Waals surface area contributed by atoms with Crippen LogP contribution in [0.2, 0.25) is 5.02 Å². The Bertz CT molecular complexity index is 714. The number of piperidine rings is 1. The molecule has 2 heterocycles. The largest absolute Gasteiger partial charge is 0.334 e. The van der Waals surface area contributed by atoms with Gasteiger partial charge in [-0.05, 0) is 37.5 Å². The Labute approximate surface area is 141 Å². The quantitative estimate of drug-likeness (QED) is 0.919. The van der Waals surface area contributed by atoms with E-state index in [1.54, 1.807) is 23.1 Å². The van der Waals surface area contributed by atoms with Gasteiger partial charge in [0.15, 0.2) is 0 Å². The van der Waals surface area contributed by atoms with Crippen LogP contribution in [-0.4, -0.2) is 39.2 Å². The summed E-state index contributed by atoms with van der Waals surface area (Å²) < 4.78 is 1.66. The minimum Gasteiger partial charge on any atom is -0.334 e. The maximum atomic E-state index is 12.8. The van der Waals surface area contributed by atoms with E-state index in [1.807, 2.05) is 30.0 Å². The Morgan fingerprint density at radius 2 is 2.17 bits per heavy atom. The van der Waals surface area contributed by atoms with E-state index in [2.05, 4.69) is 12.0 Å². The van der Waals surface area contributed by atoms with Crippen molar-refractivity contribution in [1.82, 2.24) is 14.7 Å². The van der Waals surface area contributed by atoms with Gasteiger partial charge in [-0.1, -0.05) is 24.6 Å². The number of aromatic nitrogens is 2. The lowest BCUT2D eigenvalue weighted by Gasteiger charge is -2.41. The number of halogens is 1. The molecule has 0 saturated carbocycles. The van der Waals surface area contributed by atoms with Crippen LogP contribution in [0.3, 0.4) is 0 Å². The van der Waals surface area contributed by atoms with Crippen molar-refractivity contribution in [3.8, 4) is 5.69 Å². The van der Waals surface area contributed by atoms with Crippen LogP contribution in [0.4, 0.5) is 0 Å². The van der Waals surface area contributed by atoms with Gasteiger partial charge in [0.05, 0.1) is 17.4 Å². The van der Waals surface area contributed by atoms with Crippen LogP contribution in [-0.2, 0) is 0 Å². The van der Waals surface area contributed by atoms with E-state index < -0.39 is 0 Å². The molecule has 1 fully saturated rings. The molecule has 1 saturated heterocycles. The van der Waals surface area contributed by atoms with Gasteiger partial charge in [0.2, 0.25) is 0 Å². The number of amides is 1. The van der Waals surface area contributed by atoms with Gasteiger partial charge in [-0.15, -0.1) is 0 Å². The summed E-state index contributed by atoms with van der Waals surface area (Å²) in [5, 5.41) is 4.92. The van der Waals surface area contributed by atoms with Gasteiger partial charge in [0.1, 0.15) is 0 Å². The molecule has 1 amide bonds. The molecule has 1 aromatic heterocycles. The molecule has 2 N–H and O–H groups in total. The van der Waals surface area contributed by atoms with Gasteiger partial charge in [0, 0.05) is 29.8 Å². The normalized spacial score (nSPS) is 24.7.